The largest absolute Gasteiger partial charge is 0.493 e. The molecule has 3 rings (SSSR count). The van der Waals surface area contributed by atoms with Crippen LogP contribution in [0.1, 0.15) is 34.3 Å². The van der Waals surface area contributed by atoms with E-state index in [0.717, 1.165) is 18.9 Å². The summed E-state index contributed by atoms with van der Waals surface area (Å²) in [6.45, 7) is 0.482. The van der Waals surface area contributed by atoms with E-state index < -0.39 is 17.4 Å². The number of carbonyl (C=O) groups excluding carboxylic acids is 1. The molecule has 1 aliphatic heterocycles. The molecule has 1 heterocycles. The van der Waals surface area contributed by atoms with Crippen molar-refractivity contribution in [3.63, 3.8) is 0 Å². The molecule has 108 valence electrons. The molecule has 0 bridgehead atoms. The lowest BCUT2D eigenvalue weighted by atomic mass is 9.97. The van der Waals surface area contributed by atoms with Crippen molar-refractivity contribution in [1.29, 1.82) is 0 Å². The molecule has 2 nitrogen and oxygen atoms in total. The smallest absolute Gasteiger partial charge is 0.199 e. The van der Waals surface area contributed by atoms with Gasteiger partial charge in [-0.15, -0.1) is 0 Å². The van der Waals surface area contributed by atoms with Crippen molar-refractivity contribution in [2.45, 2.75) is 19.3 Å². The number of hydrogen-bond donors (Lipinski definition) is 0. The molecule has 2 aromatic carbocycles. The van der Waals surface area contributed by atoms with Crippen LogP contribution < -0.4 is 4.74 Å². The Balaban J connectivity index is 2.12. The first-order valence-corrected chi connectivity index (χ1v) is 6.91. The van der Waals surface area contributed by atoms with E-state index in [0.29, 0.717) is 24.3 Å². The van der Waals surface area contributed by atoms with Gasteiger partial charge in [0.15, 0.2) is 5.78 Å². The lowest BCUT2D eigenvalue weighted by molar-refractivity contribution is 0.103. The highest BCUT2D eigenvalue weighted by molar-refractivity contribution is 6.11. The molecule has 0 saturated heterocycles. The van der Waals surface area contributed by atoms with Gasteiger partial charge in [0.2, 0.25) is 0 Å². The van der Waals surface area contributed by atoms with Gasteiger partial charge in [0.05, 0.1) is 17.7 Å². The first-order valence-electron chi connectivity index (χ1n) is 6.91. The number of fused-ring (bicyclic) bond motifs is 1. The summed E-state index contributed by atoms with van der Waals surface area (Å²) in [6, 6.07) is 8.21. The number of carbonyl (C=O) groups is 1. The Morgan fingerprint density at radius 1 is 1.05 bits per heavy atom. The zero-order valence-corrected chi connectivity index (χ0v) is 11.4. The van der Waals surface area contributed by atoms with Gasteiger partial charge in [-0.05, 0) is 49.1 Å². The quantitative estimate of drug-likeness (QED) is 0.783. The van der Waals surface area contributed by atoms with Crippen LogP contribution in [-0.2, 0) is 6.42 Å². The summed E-state index contributed by atoms with van der Waals surface area (Å²) in [5, 5.41) is 0. The third-order valence-corrected chi connectivity index (χ3v) is 3.58. The summed E-state index contributed by atoms with van der Waals surface area (Å²) in [5.74, 6) is -1.28. The molecule has 0 saturated carbocycles. The van der Waals surface area contributed by atoms with Gasteiger partial charge in [0.1, 0.15) is 17.4 Å². The molecule has 0 N–H and O–H groups in total. The zero-order chi connectivity index (χ0) is 14.8. The average Bonchev–Trinajstić information content (AvgIpc) is 2.71. The Kier molecular flexibility index (Phi) is 3.69. The molecule has 0 aromatic heterocycles. The van der Waals surface area contributed by atoms with Crippen molar-refractivity contribution in [3.05, 3.63) is 64.7 Å². The van der Waals surface area contributed by atoms with Crippen molar-refractivity contribution in [3.8, 4) is 5.75 Å². The first kappa shape index (κ1) is 13.7. The fraction of sp³-hybridized carbons (Fsp3) is 0.235. The van der Waals surface area contributed by atoms with Crippen molar-refractivity contribution in [1.82, 2.24) is 0 Å². The predicted molar refractivity (Wildman–Crippen MR) is 74.7 cm³/mol. The third kappa shape index (κ3) is 2.66. The minimum atomic E-state index is -0.617. The van der Waals surface area contributed by atoms with E-state index in [1.165, 1.54) is 24.3 Å². The van der Waals surface area contributed by atoms with Crippen molar-refractivity contribution < 1.29 is 18.3 Å². The Morgan fingerprint density at radius 3 is 2.67 bits per heavy atom. The second-order valence-electron chi connectivity index (χ2n) is 5.06. The van der Waals surface area contributed by atoms with E-state index in [9.17, 15) is 13.6 Å². The van der Waals surface area contributed by atoms with Crippen molar-refractivity contribution in [2.75, 3.05) is 6.61 Å². The molecule has 0 radical (unpaired) electrons. The summed E-state index contributed by atoms with van der Waals surface area (Å²) in [6.07, 6.45) is 2.39. The van der Waals surface area contributed by atoms with Gasteiger partial charge in [-0.25, -0.2) is 8.78 Å². The van der Waals surface area contributed by atoms with Crippen LogP contribution in [0.5, 0.6) is 5.75 Å². The molecular weight excluding hydrogens is 274 g/mol. The fourth-order valence-electron chi connectivity index (χ4n) is 2.56. The van der Waals surface area contributed by atoms with E-state index in [-0.39, 0.29) is 11.1 Å². The second-order valence-corrected chi connectivity index (χ2v) is 5.06. The summed E-state index contributed by atoms with van der Waals surface area (Å²) in [4.78, 5) is 12.5. The average molecular weight is 288 g/mol. The lowest BCUT2D eigenvalue weighted by Gasteiger charge is -2.13. The number of benzene rings is 2. The highest BCUT2D eigenvalue weighted by Crippen LogP contribution is 2.31. The Hall–Kier alpha value is -2.23. The minimum absolute atomic E-state index is 0.0712. The minimum Gasteiger partial charge on any atom is -0.493 e. The van der Waals surface area contributed by atoms with Gasteiger partial charge in [-0.1, -0.05) is 12.1 Å². The van der Waals surface area contributed by atoms with Gasteiger partial charge in [-0.2, -0.15) is 0 Å². The van der Waals surface area contributed by atoms with Crippen molar-refractivity contribution in [2.24, 2.45) is 0 Å². The molecule has 0 unspecified atom stereocenters. The van der Waals surface area contributed by atoms with E-state index in [4.69, 9.17) is 4.74 Å². The lowest BCUT2D eigenvalue weighted by Crippen LogP contribution is -2.09. The maximum Gasteiger partial charge on any atom is 0.199 e. The van der Waals surface area contributed by atoms with Crippen LogP contribution in [0.25, 0.3) is 0 Å². The van der Waals surface area contributed by atoms with Gasteiger partial charge >= 0.3 is 0 Å². The zero-order valence-electron chi connectivity index (χ0n) is 11.4. The number of ether oxygens (including phenoxy) is 1. The van der Waals surface area contributed by atoms with Crippen LogP contribution >= 0.6 is 0 Å². The van der Waals surface area contributed by atoms with E-state index in [1.807, 2.05) is 0 Å². The topological polar surface area (TPSA) is 26.3 Å². The van der Waals surface area contributed by atoms with Crippen LogP contribution in [-0.4, -0.2) is 12.4 Å². The summed E-state index contributed by atoms with van der Waals surface area (Å²) < 4.78 is 33.2. The monoisotopic (exact) mass is 288 g/mol. The molecule has 0 fully saturated rings. The van der Waals surface area contributed by atoms with E-state index in [1.54, 1.807) is 6.07 Å². The maximum atomic E-state index is 13.8. The predicted octanol–water partition coefficient (Wildman–Crippen LogP) is 3.91. The summed E-state index contributed by atoms with van der Waals surface area (Å²) in [5.41, 5.74) is 0.697. The van der Waals surface area contributed by atoms with Gasteiger partial charge in [0.25, 0.3) is 0 Å². The number of ketones is 1. The second kappa shape index (κ2) is 5.64. The van der Waals surface area contributed by atoms with Gasteiger partial charge in [0, 0.05) is 0 Å². The molecule has 2 aromatic rings. The Labute approximate surface area is 121 Å². The standard InChI is InChI=1S/C17H14F2O2/c18-12-9-11-5-3-4-8-21-17(11)14(10-12)16(20)13-6-1-2-7-15(13)19/h1-2,6-7,9-10H,3-5,8H2. The molecule has 4 heteroatoms. The van der Waals surface area contributed by atoms with Gasteiger partial charge < -0.3 is 4.74 Å². The molecule has 0 aliphatic carbocycles. The van der Waals surface area contributed by atoms with E-state index in [2.05, 4.69) is 0 Å². The molecule has 0 spiro atoms. The number of halogens is 2. The normalized spacial score (nSPS) is 14.0. The molecule has 1 aliphatic rings. The van der Waals surface area contributed by atoms with Crippen LogP contribution in [0.15, 0.2) is 36.4 Å². The maximum absolute atomic E-state index is 13.8. The Morgan fingerprint density at radius 2 is 1.86 bits per heavy atom. The van der Waals surface area contributed by atoms with E-state index >= 15 is 0 Å². The van der Waals surface area contributed by atoms with Crippen LogP contribution in [0.3, 0.4) is 0 Å². The highest BCUT2D eigenvalue weighted by Gasteiger charge is 2.23. The van der Waals surface area contributed by atoms with Gasteiger partial charge in [-0.3, -0.25) is 4.79 Å². The first-order chi connectivity index (χ1) is 10.2. The summed E-state index contributed by atoms with van der Waals surface area (Å²) in [7, 11) is 0. The third-order valence-electron chi connectivity index (χ3n) is 3.58. The van der Waals surface area contributed by atoms with Crippen LogP contribution in [0.2, 0.25) is 0 Å². The molecule has 0 atom stereocenters. The van der Waals surface area contributed by atoms with Crippen LogP contribution in [0.4, 0.5) is 8.78 Å². The molecule has 21 heavy (non-hydrogen) atoms. The number of hydrogen-bond acceptors (Lipinski definition) is 2. The Bertz CT molecular complexity index is 695. The molecule has 0 amide bonds. The molecular formula is C17H14F2O2. The number of aryl methyl sites for hydroxylation is 1. The van der Waals surface area contributed by atoms with Crippen LogP contribution in [0, 0.1) is 11.6 Å². The van der Waals surface area contributed by atoms with Crippen molar-refractivity contribution >= 4 is 5.78 Å². The fourth-order valence-corrected chi connectivity index (χ4v) is 2.56. The SMILES string of the molecule is O=C(c1ccccc1F)c1cc(F)cc2c1OCCCC2. The summed E-state index contributed by atoms with van der Waals surface area (Å²) >= 11 is 0. The number of rotatable bonds is 2. The highest BCUT2D eigenvalue weighted by atomic mass is 19.1.